The lowest BCUT2D eigenvalue weighted by Gasteiger charge is -2.18. The summed E-state index contributed by atoms with van der Waals surface area (Å²) in [7, 11) is 0. The van der Waals surface area contributed by atoms with Gasteiger partial charge in [-0.05, 0) is 31.9 Å². The maximum absolute atomic E-state index is 12.1. The second-order valence-electron chi connectivity index (χ2n) is 7.90. The van der Waals surface area contributed by atoms with Crippen LogP contribution in [0.15, 0.2) is 24.3 Å². The van der Waals surface area contributed by atoms with Gasteiger partial charge in [-0.25, -0.2) is 4.79 Å². The summed E-state index contributed by atoms with van der Waals surface area (Å²) in [5.41, 5.74) is -3.53. The lowest BCUT2D eigenvalue weighted by atomic mass is 9.96. The predicted octanol–water partition coefficient (Wildman–Crippen LogP) is 3.79. The Morgan fingerprint density at radius 3 is 1.57 bits per heavy atom. The average molecular weight is 490 g/mol. The Morgan fingerprint density at radius 2 is 1.23 bits per heavy atom. The maximum Gasteiger partial charge on any atom is 0.335 e. The van der Waals surface area contributed by atoms with Crippen molar-refractivity contribution in [2.45, 2.75) is 38.9 Å². The number of ether oxygens (including phenoxy) is 2. The molecule has 35 heavy (non-hydrogen) atoms. The molecule has 15 heteroatoms. The van der Waals surface area contributed by atoms with Gasteiger partial charge in [-0.1, -0.05) is 0 Å². The summed E-state index contributed by atoms with van der Waals surface area (Å²) in [4.78, 5) is 54.9. The number of fused-ring (bicyclic) bond motifs is 3. The lowest BCUT2D eigenvalue weighted by Crippen LogP contribution is -2.27. The number of nitrogens with zero attached hydrogens (tertiary/aromatic N) is 4. The second kappa shape index (κ2) is 9.38. The normalized spacial score (nSPS) is 13.1. The van der Waals surface area contributed by atoms with E-state index in [1.807, 2.05) is 0 Å². The maximum atomic E-state index is 12.1. The van der Waals surface area contributed by atoms with Crippen molar-refractivity contribution in [1.29, 1.82) is 0 Å². The molecule has 0 aromatic heterocycles. The fourth-order valence-corrected chi connectivity index (χ4v) is 3.84. The van der Waals surface area contributed by atoms with E-state index in [1.165, 1.54) is 6.92 Å². The van der Waals surface area contributed by atoms with Crippen molar-refractivity contribution in [3.8, 4) is 11.1 Å². The van der Waals surface area contributed by atoms with Crippen LogP contribution >= 0.6 is 0 Å². The molecule has 0 unspecified atom stereocenters. The SMILES string of the molecule is CC(C)OC(=O)[C@@H](C)OCC1c2cc([N+](=O)[O-])cc([N+](=O)[O-])c2-c2c1cc([N+](=O)[O-])cc2[N+](=O)[O-]. The topological polar surface area (TPSA) is 208 Å². The third-order valence-electron chi connectivity index (χ3n) is 5.28. The first-order chi connectivity index (χ1) is 16.3. The van der Waals surface area contributed by atoms with Crippen LogP contribution in [-0.4, -0.2) is 44.5 Å². The Balaban J connectivity index is 2.25. The predicted molar refractivity (Wildman–Crippen MR) is 117 cm³/mol. The van der Waals surface area contributed by atoms with E-state index < -0.39 is 73.1 Å². The smallest absolute Gasteiger partial charge is 0.335 e. The van der Waals surface area contributed by atoms with Gasteiger partial charge in [0.15, 0.2) is 6.10 Å². The number of carbonyl (C=O) groups excluding carboxylic acids is 1. The third kappa shape index (κ3) is 4.74. The van der Waals surface area contributed by atoms with Gasteiger partial charge in [0.05, 0.1) is 55.7 Å². The lowest BCUT2D eigenvalue weighted by molar-refractivity contribution is -0.395. The Labute approximate surface area is 195 Å². The molecule has 0 saturated carbocycles. The summed E-state index contributed by atoms with van der Waals surface area (Å²) >= 11 is 0. The van der Waals surface area contributed by atoms with Crippen LogP contribution in [0.1, 0.15) is 37.8 Å². The van der Waals surface area contributed by atoms with Crippen LogP contribution in [0.2, 0.25) is 0 Å². The summed E-state index contributed by atoms with van der Waals surface area (Å²) in [6, 6.07) is 3.34. The van der Waals surface area contributed by atoms with Gasteiger partial charge in [0.25, 0.3) is 22.7 Å². The van der Waals surface area contributed by atoms with Gasteiger partial charge < -0.3 is 9.47 Å². The van der Waals surface area contributed by atoms with Gasteiger partial charge in [-0.15, -0.1) is 0 Å². The van der Waals surface area contributed by atoms with Crippen LogP contribution < -0.4 is 0 Å². The molecule has 0 amide bonds. The largest absolute Gasteiger partial charge is 0.461 e. The van der Waals surface area contributed by atoms with Gasteiger partial charge in [0.1, 0.15) is 0 Å². The number of carbonyl (C=O) groups is 1. The standard InChI is InChI=1S/C20H18N4O11/c1-9(2)35-20(25)10(3)34-8-15-13-4-11(21(26)27)6-16(23(30)31)18(13)19-14(15)5-12(22(28)29)7-17(19)24(32)33/h4-7,9-10,15H,8H2,1-3H3/t10-/m1/s1. The van der Waals surface area contributed by atoms with Crippen molar-refractivity contribution in [1.82, 2.24) is 0 Å². The van der Waals surface area contributed by atoms with Crippen LogP contribution in [0, 0.1) is 40.5 Å². The van der Waals surface area contributed by atoms with Crippen molar-refractivity contribution < 1.29 is 34.0 Å². The van der Waals surface area contributed by atoms with Crippen molar-refractivity contribution in [3.05, 3.63) is 75.8 Å². The minimum Gasteiger partial charge on any atom is -0.461 e. The number of non-ortho nitro benzene ring substituents is 2. The third-order valence-corrected chi connectivity index (χ3v) is 5.28. The summed E-state index contributed by atoms with van der Waals surface area (Å²) < 4.78 is 10.6. The van der Waals surface area contributed by atoms with Crippen molar-refractivity contribution in [2.24, 2.45) is 0 Å². The van der Waals surface area contributed by atoms with Crippen molar-refractivity contribution >= 4 is 28.7 Å². The highest BCUT2D eigenvalue weighted by Gasteiger charge is 2.43. The van der Waals surface area contributed by atoms with E-state index in [-0.39, 0.29) is 22.3 Å². The molecule has 0 heterocycles. The Bertz CT molecular complexity index is 1190. The number of rotatable bonds is 9. The molecule has 1 aliphatic carbocycles. The monoisotopic (exact) mass is 490 g/mol. The molecule has 0 saturated heterocycles. The van der Waals surface area contributed by atoms with Gasteiger partial charge >= 0.3 is 5.97 Å². The van der Waals surface area contributed by atoms with Gasteiger partial charge in [-0.2, -0.15) is 0 Å². The van der Waals surface area contributed by atoms with E-state index in [1.54, 1.807) is 13.8 Å². The molecule has 1 aliphatic rings. The molecule has 0 spiro atoms. The molecule has 0 aliphatic heterocycles. The minimum atomic E-state index is -1.13. The van der Waals surface area contributed by atoms with Crippen molar-refractivity contribution in [2.75, 3.05) is 6.61 Å². The van der Waals surface area contributed by atoms with E-state index >= 15 is 0 Å². The van der Waals surface area contributed by atoms with Crippen LogP contribution in [0.5, 0.6) is 0 Å². The number of hydrogen-bond donors (Lipinski definition) is 0. The number of esters is 1. The van der Waals surface area contributed by atoms with E-state index in [2.05, 4.69) is 0 Å². The minimum absolute atomic E-state index is 0.0612. The molecular weight excluding hydrogens is 472 g/mol. The summed E-state index contributed by atoms with van der Waals surface area (Å²) in [5, 5.41) is 46.4. The Kier molecular flexibility index (Phi) is 6.72. The Hall–Kier alpha value is -4.53. The highest BCUT2D eigenvalue weighted by atomic mass is 16.6. The summed E-state index contributed by atoms with van der Waals surface area (Å²) in [5.74, 6) is -1.85. The summed E-state index contributed by atoms with van der Waals surface area (Å²) in [6.45, 7) is 4.17. The zero-order chi connectivity index (χ0) is 26.2. The highest BCUT2D eigenvalue weighted by molar-refractivity contribution is 5.93. The molecule has 1 atom stereocenters. The van der Waals surface area contributed by atoms with Crippen LogP contribution in [0.4, 0.5) is 22.7 Å². The molecule has 2 aromatic rings. The van der Waals surface area contributed by atoms with Gasteiger partial charge in [0.2, 0.25) is 0 Å². The zero-order valence-electron chi connectivity index (χ0n) is 18.5. The number of nitro groups is 4. The number of benzene rings is 2. The summed E-state index contributed by atoms with van der Waals surface area (Å²) in [6.07, 6.45) is -1.58. The fraction of sp³-hybridized carbons (Fsp3) is 0.350. The van der Waals surface area contributed by atoms with E-state index in [0.717, 1.165) is 12.1 Å². The molecule has 0 radical (unpaired) electrons. The van der Waals surface area contributed by atoms with Gasteiger partial charge in [-0.3, -0.25) is 40.5 Å². The molecule has 2 aromatic carbocycles. The average Bonchev–Trinajstić information content (AvgIpc) is 3.08. The molecule has 3 rings (SSSR count). The first kappa shape index (κ1) is 25.1. The van der Waals surface area contributed by atoms with Crippen LogP contribution in [0.3, 0.4) is 0 Å². The van der Waals surface area contributed by atoms with Crippen LogP contribution in [-0.2, 0) is 14.3 Å². The molecule has 0 N–H and O–H groups in total. The van der Waals surface area contributed by atoms with E-state index in [4.69, 9.17) is 9.47 Å². The highest BCUT2D eigenvalue weighted by Crippen LogP contribution is 2.54. The number of hydrogen-bond acceptors (Lipinski definition) is 11. The van der Waals surface area contributed by atoms with Crippen molar-refractivity contribution in [3.63, 3.8) is 0 Å². The Morgan fingerprint density at radius 1 is 0.800 bits per heavy atom. The first-order valence-corrected chi connectivity index (χ1v) is 10.1. The molecule has 184 valence electrons. The van der Waals surface area contributed by atoms with E-state index in [9.17, 15) is 45.3 Å². The molecular formula is C20H18N4O11. The molecule has 15 nitrogen and oxygen atoms in total. The second-order valence-corrected chi connectivity index (χ2v) is 7.90. The number of nitro benzene ring substituents is 4. The quantitative estimate of drug-likeness (QED) is 0.280. The zero-order valence-corrected chi connectivity index (χ0v) is 18.5. The van der Waals surface area contributed by atoms with Gasteiger partial charge in [0, 0.05) is 18.1 Å². The van der Waals surface area contributed by atoms with E-state index in [0.29, 0.717) is 12.1 Å². The fourth-order valence-electron chi connectivity index (χ4n) is 3.84. The van der Waals surface area contributed by atoms with Crippen LogP contribution in [0.25, 0.3) is 11.1 Å². The molecule has 0 fully saturated rings. The molecule has 0 bridgehead atoms. The first-order valence-electron chi connectivity index (χ1n) is 10.1.